The largest absolute Gasteiger partial charge is 0.494 e. The lowest BCUT2D eigenvalue weighted by Gasteiger charge is -2.45. The van der Waals surface area contributed by atoms with Crippen molar-refractivity contribution in [1.82, 2.24) is 9.97 Å². The maximum atomic E-state index is 7.11. The van der Waals surface area contributed by atoms with E-state index in [9.17, 15) is 0 Å². The first-order chi connectivity index (χ1) is 22.5. The number of fused-ring (bicyclic) bond motifs is 7. The molecule has 0 aliphatic carbocycles. The molecule has 2 aromatic heterocycles. The molecule has 0 saturated heterocycles. The molecule has 6 nitrogen and oxygen atoms in total. The monoisotopic (exact) mass is 620 g/mol. The van der Waals surface area contributed by atoms with Crippen LogP contribution in [0.2, 0.25) is 0 Å². The summed E-state index contributed by atoms with van der Waals surface area (Å²) in [5.74, 6) is 1.68. The molecular formula is C40H52N4O2. The molecule has 0 N–H and O–H groups in total. The molecule has 0 saturated carbocycles. The maximum Gasteiger partial charge on any atom is 0.228 e. The van der Waals surface area contributed by atoms with Crippen molar-refractivity contribution in [3.63, 3.8) is 0 Å². The van der Waals surface area contributed by atoms with E-state index < -0.39 is 11.1 Å². The number of pyridine rings is 2. The summed E-state index contributed by atoms with van der Waals surface area (Å²) in [5.41, 5.74) is 3.63. The predicted octanol–water partition coefficient (Wildman–Crippen LogP) is 10.9. The molecule has 46 heavy (non-hydrogen) atoms. The van der Waals surface area contributed by atoms with Crippen molar-refractivity contribution in [1.29, 1.82) is 0 Å². The van der Waals surface area contributed by atoms with Gasteiger partial charge in [-0.2, -0.15) is 0 Å². The van der Waals surface area contributed by atoms with E-state index in [1.165, 1.54) is 89.0 Å². The average molecular weight is 621 g/mol. The molecule has 1 unspecified atom stereocenters. The fourth-order valence-electron chi connectivity index (χ4n) is 7.50. The van der Waals surface area contributed by atoms with E-state index in [-0.39, 0.29) is 0 Å². The smallest absolute Gasteiger partial charge is 0.228 e. The molecule has 4 heterocycles. The summed E-state index contributed by atoms with van der Waals surface area (Å²) in [5, 5.41) is 1.88. The number of nitrogens with zero attached hydrogens (tertiary/aromatic N) is 4. The number of rotatable bonds is 16. The molecule has 244 valence electrons. The van der Waals surface area contributed by atoms with Gasteiger partial charge in [0.15, 0.2) is 5.75 Å². The minimum absolute atomic E-state index is 0.398. The number of unbranched alkanes of at least 4 members (excludes halogenated alkanes) is 13. The molecular weight excluding hydrogens is 568 g/mol. The summed E-state index contributed by atoms with van der Waals surface area (Å²) in [6.07, 6.45) is 24.6. The molecule has 6 rings (SSSR count). The number of aliphatic imine (C=N–C) groups is 1. The maximum absolute atomic E-state index is 7.11. The van der Waals surface area contributed by atoms with Gasteiger partial charge in [-0.25, -0.2) is 0 Å². The lowest BCUT2D eigenvalue weighted by Crippen LogP contribution is -2.61. The second kappa shape index (κ2) is 14.4. The highest BCUT2D eigenvalue weighted by atomic mass is 16.5. The lowest BCUT2D eigenvalue weighted by atomic mass is 9.77. The van der Waals surface area contributed by atoms with Crippen LogP contribution in [0, 0.1) is 0 Å². The van der Waals surface area contributed by atoms with Gasteiger partial charge in [0.25, 0.3) is 0 Å². The number of benzene rings is 2. The molecule has 0 bridgehead atoms. The van der Waals surface area contributed by atoms with E-state index in [0.29, 0.717) is 0 Å². The van der Waals surface area contributed by atoms with E-state index >= 15 is 0 Å². The lowest BCUT2D eigenvalue weighted by molar-refractivity contribution is 0.0843. The Kier molecular flexibility index (Phi) is 10.1. The van der Waals surface area contributed by atoms with E-state index in [1.54, 1.807) is 6.20 Å². The molecule has 0 fully saturated rings. The highest BCUT2D eigenvalue weighted by molar-refractivity contribution is 6.14. The van der Waals surface area contributed by atoms with Gasteiger partial charge in [-0.1, -0.05) is 90.4 Å². The van der Waals surface area contributed by atoms with Gasteiger partial charge in [0, 0.05) is 35.9 Å². The van der Waals surface area contributed by atoms with Gasteiger partial charge >= 0.3 is 0 Å². The minimum Gasteiger partial charge on any atom is -0.494 e. The Morgan fingerprint density at radius 1 is 0.739 bits per heavy atom. The fourth-order valence-corrected chi connectivity index (χ4v) is 7.50. The van der Waals surface area contributed by atoms with Crippen LogP contribution >= 0.6 is 0 Å². The third kappa shape index (κ3) is 6.20. The third-order valence-corrected chi connectivity index (χ3v) is 10.3. The highest BCUT2D eigenvalue weighted by Gasteiger charge is 2.59. The minimum atomic E-state index is -0.797. The highest BCUT2D eigenvalue weighted by Crippen LogP contribution is 2.56. The Morgan fingerprint density at radius 2 is 1.33 bits per heavy atom. The van der Waals surface area contributed by atoms with Crippen LogP contribution in [-0.4, -0.2) is 35.6 Å². The zero-order valence-corrected chi connectivity index (χ0v) is 28.5. The first-order valence-corrected chi connectivity index (χ1v) is 17.9. The van der Waals surface area contributed by atoms with Crippen LogP contribution in [0.3, 0.4) is 0 Å². The Balaban J connectivity index is 1.03. The summed E-state index contributed by atoms with van der Waals surface area (Å²) in [6.45, 7) is 7.53. The van der Waals surface area contributed by atoms with Crippen LogP contribution in [0.25, 0.3) is 21.8 Å². The summed E-state index contributed by atoms with van der Waals surface area (Å²) in [4.78, 5) is 16.7. The molecule has 0 amide bonds. The molecule has 0 radical (unpaired) electrons. The van der Waals surface area contributed by atoms with Gasteiger partial charge in [0.2, 0.25) is 5.72 Å². The van der Waals surface area contributed by atoms with Crippen molar-refractivity contribution < 1.29 is 9.47 Å². The molecule has 4 aromatic rings. The molecule has 6 heteroatoms. The predicted molar refractivity (Wildman–Crippen MR) is 192 cm³/mol. The van der Waals surface area contributed by atoms with Crippen LogP contribution in [0.4, 0.5) is 11.4 Å². The zero-order chi connectivity index (χ0) is 32.0. The van der Waals surface area contributed by atoms with Crippen molar-refractivity contribution in [3.05, 3.63) is 60.4 Å². The standard InChI is InChI=1S/C40H52N4O2/c1-5-6-7-8-9-10-11-12-13-14-15-16-17-18-27-45-30-23-24-34-33(28-30)39(2,3)40(44(34)4)29-43-37-31-21-19-25-41-35(31)36-32(38(37)46-40)22-20-26-42-36/h19-26,28-29H,5-18,27H2,1-4H3. The molecule has 1 atom stereocenters. The summed E-state index contributed by atoms with van der Waals surface area (Å²) >= 11 is 0. The average Bonchev–Trinajstić information content (AvgIpc) is 3.23. The van der Waals surface area contributed by atoms with E-state index in [2.05, 4.69) is 62.0 Å². The Labute approximate surface area is 275 Å². The van der Waals surface area contributed by atoms with Gasteiger partial charge in [0.05, 0.1) is 23.8 Å². The second-order valence-corrected chi connectivity index (χ2v) is 13.8. The quantitative estimate of drug-likeness (QED) is 0.0921. The summed E-state index contributed by atoms with van der Waals surface area (Å²) in [7, 11) is 2.10. The van der Waals surface area contributed by atoms with Crippen LogP contribution in [-0.2, 0) is 5.41 Å². The number of hydrogen-bond donors (Lipinski definition) is 0. The number of ether oxygens (including phenoxy) is 2. The summed E-state index contributed by atoms with van der Waals surface area (Å²) < 4.78 is 13.4. The fraction of sp³-hybridized carbons (Fsp3) is 0.525. The normalized spacial score (nSPS) is 17.9. The number of likely N-dealkylation sites (N-methyl/N-ethyl adjacent to an activating group) is 1. The van der Waals surface area contributed by atoms with Crippen LogP contribution in [0.15, 0.2) is 59.9 Å². The number of anilines is 1. The third-order valence-electron chi connectivity index (χ3n) is 10.3. The first kappa shape index (κ1) is 32.3. The van der Waals surface area contributed by atoms with Gasteiger partial charge in [-0.15, -0.1) is 0 Å². The molecule has 2 aliphatic heterocycles. The Hall–Kier alpha value is -3.67. The molecule has 1 spiro atoms. The van der Waals surface area contributed by atoms with Crippen molar-refractivity contribution in [3.8, 4) is 11.5 Å². The van der Waals surface area contributed by atoms with E-state index in [1.807, 2.05) is 30.6 Å². The number of aromatic nitrogens is 2. The van der Waals surface area contributed by atoms with E-state index in [4.69, 9.17) is 19.5 Å². The second-order valence-electron chi connectivity index (χ2n) is 13.8. The van der Waals surface area contributed by atoms with Crippen LogP contribution in [0.1, 0.15) is 116 Å². The van der Waals surface area contributed by atoms with Crippen molar-refractivity contribution in [2.75, 3.05) is 18.6 Å². The van der Waals surface area contributed by atoms with Crippen LogP contribution < -0.4 is 14.4 Å². The zero-order valence-electron chi connectivity index (χ0n) is 28.5. The van der Waals surface area contributed by atoms with Crippen LogP contribution in [0.5, 0.6) is 11.5 Å². The number of hydrogen-bond acceptors (Lipinski definition) is 6. The molecule has 2 aliphatic rings. The van der Waals surface area contributed by atoms with Crippen molar-refractivity contribution in [2.24, 2.45) is 4.99 Å². The van der Waals surface area contributed by atoms with Gasteiger partial charge < -0.3 is 14.4 Å². The van der Waals surface area contributed by atoms with Gasteiger partial charge in [-0.05, 0) is 68.3 Å². The topological polar surface area (TPSA) is 59.8 Å². The van der Waals surface area contributed by atoms with Gasteiger partial charge in [0.1, 0.15) is 17.0 Å². The van der Waals surface area contributed by atoms with E-state index in [0.717, 1.165) is 57.7 Å². The van der Waals surface area contributed by atoms with Gasteiger partial charge in [-0.3, -0.25) is 15.0 Å². The first-order valence-electron chi connectivity index (χ1n) is 17.9. The SMILES string of the molecule is CCCCCCCCCCCCCCCCOc1ccc2c(c1)C(C)(C)C1(C=Nc3c(c4cccnc4c4ncccc34)O1)N2C. The molecule has 2 aromatic carbocycles. The van der Waals surface area contributed by atoms with Crippen molar-refractivity contribution in [2.45, 2.75) is 122 Å². The van der Waals surface area contributed by atoms with Crippen molar-refractivity contribution >= 4 is 39.4 Å². The Bertz CT molecular complexity index is 1660. The Morgan fingerprint density at radius 3 is 1.98 bits per heavy atom. The summed E-state index contributed by atoms with van der Waals surface area (Å²) in [6, 6.07) is 14.5.